The number of carboxylic acids is 1. The maximum Gasteiger partial charge on any atom is 0.304 e. The molecule has 2 N–H and O–H groups in total. The highest BCUT2D eigenvalue weighted by Crippen LogP contribution is 2.27. The lowest BCUT2D eigenvalue weighted by Gasteiger charge is -2.26. The quantitative estimate of drug-likeness (QED) is 0.744. The summed E-state index contributed by atoms with van der Waals surface area (Å²) in [7, 11) is 0. The number of carboxylic acid groups (broad SMARTS) is 1. The summed E-state index contributed by atoms with van der Waals surface area (Å²) < 4.78 is 0. The van der Waals surface area contributed by atoms with Gasteiger partial charge in [0.15, 0.2) is 0 Å². The van der Waals surface area contributed by atoms with E-state index in [1.807, 2.05) is 52.0 Å². The molecule has 1 unspecified atom stereocenters. The zero-order valence-corrected chi connectivity index (χ0v) is 14.5. The van der Waals surface area contributed by atoms with Gasteiger partial charge in [-0.3, -0.25) is 9.59 Å². The first-order valence-corrected chi connectivity index (χ1v) is 8.55. The molecule has 5 heteroatoms. The molecule has 0 bridgehead atoms. The molecule has 1 amide bonds. The second-order valence-electron chi connectivity index (χ2n) is 6.47. The van der Waals surface area contributed by atoms with E-state index in [1.54, 1.807) is 11.8 Å². The Morgan fingerprint density at radius 2 is 2.00 bits per heavy atom. The summed E-state index contributed by atoms with van der Waals surface area (Å²) in [4.78, 5) is 22.7. The highest BCUT2D eigenvalue weighted by molar-refractivity contribution is 7.98. The Labute approximate surface area is 136 Å². The van der Waals surface area contributed by atoms with E-state index in [2.05, 4.69) is 5.32 Å². The van der Waals surface area contributed by atoms with E-state index >= 15 is 0 Å². The average Bonchev–Trinajstić information content (AvgIpc) is 2.42. The Bertz CT molecular complexity index is 523. The molecule has 22 heavy (non-hydrogen) atoms. The lowest BCUT2D eigenvalue weighted by atomic mass is 9.81. The summed E-state index contributed by atoms with van der Waals surface area (Å²) in [6, 6.07) is 7.71. The number of benzene rings is 1. The molecule has 0 heterocycles. The molecule has 0 aliphatic carbocycles. The molecule has 0 saturated heterocycles. The van der Waals surface area contributed by atoms with Crippen molar-refractivity contribution in [1.29, 1.82) is 0 Å². The number of thioether (sulfide) groups is 1. The molecular formula is C17H25NO3S. The van der Waals surface area contributed by atoms with Crippen LogP contribution < -0.4 is 5.32 Å². The third kappa shape index (κ3) is 6.52. The molecule has 122 valence electrons. The number of hydrogen-bond donors (Lipinski definition) is 2. The van der Waals surface area contributed by atoms with Crippen molar-refractivity contribution in [3.8, 4) is 0 Å². The standard InChI is InChI=1S/C17H25NO3S/c1-12(17(2,3)4)16(21)18-14-7-5-6-13(10-14)11-22-9-8-15(19)20/h5-7,10,12H,8-9,11H2,1-4H3,(H,18,21)(H,19,20). The van der Waals surface area contributed by atoms with E-state index in [0.29, 0.717) is 5.75 Å². The topological polar surface area (TPSA) is 66.4 Å². The fraction of sp³-hybridized carbons (Fsp3) is 0.529. The van der Waals surface area contributed by atoms with Crippen molar-refractivity contribution in [2.45, 2.75) is 39.9 Å². The molecule has 1 aromatic rings. The monoisotopic (exact) mass is 323 g/mol. The maximum atomic E-state index is 12.2. The number of carbonyl (C=O) groups excluding carboxylic acids is 1. The second kappa shape index (κ2) is 8.22. The van der Waals surface area contributed by atoms with Gasteiger partial charge >= 0.3 is 5.97 Å². The third-order valence-electron chi connectivity index (χ3n) is 3.62. The van der Waals surface area contributed by atoms with Crippen LogP contribution in [0.5, 0.6) is 0 Å². The van der Waals surface area contributed by atoms with Crippen LogP contribution >= 0.6 is 11.8 Å². The number of hydrogen-bond acceptors (Lipinski definition) is 3. The number of anilines is 1. The van der Waals surface area contributed by atoms with Crippen molar-refractivity contribution in [3.63, 3.8) is 0 Å². The molecule has 0 fully saturated rings. The van der Waals surface area contributed by atoms with Crippen molar-refractivity contribution < 1.29 is 14.7 Å². The smallest absolute Gasteiger partial charge is 0.304 e. The SMILES string of the molecule is CC(C(=O)Nc1cccc(CSCCC(=O)O)c1)C(C)(C)C. The van der Waals surface area contributed by atoms with Gasteiger partial charge in [-0.05, 0) is 23.1 Å². The Hall–Kier alpha value is -1.49. The van der Waals surface area contributed by atoms with Gasteiger partial charge in [-0.15, -0.1) is 0 Å². The van der Waals surface area contributed by atoms with Gasteiger partial charge < -0.3 is 10.4 Å². The van der Waals surface area contributed by atoms with Gasteiger partial charge in [0.2, 0.25) is 5.91 Å². The minimum absolute atomic E-state index is 0.0168. The van der Waals surface area contributed by atoms with Crippen LogP contribution in [0.4, 0.5) is 5.69 Å². The number of amides is 1. The average molecular weight is 323 g/mol. The van der Waals surface area contributed by atoms with Gasteiger partial charge in [-0.25, -0.2) is 0 Å². The molecular weight excluding hydrogens is 298 g/mol. The fourth-order valence-corrected chi connectivity index (χ4v) is 2.61. The van der Waals surface area contributed by atoms with Crippen LogP contribution in [0.15, 0.2) is 24.3 Å². The lowest BCUT2D eigenvalue weighted by molar-refractivity contribution is -0.136. The highest BCUT2D eigenvalue weighted by atomic mass is 32.2. The number of carbonyl (C=O) groups is 2. The van der Waals surface area contributed by atoms with E-state index in [4.69, 9.17) is 5.11 Å². The zero-order valence-electron chi connectivity index (χ0n) is 13.7. The minimum atomic E-state index is -0.773. The van der Waals surface area contributed by atoms with Gasteiger partial charge in [0.25, 0.3) is 0 Å². The van der Waals surface area contributed by atoms with E-state index in [0.717, 1.165) is 17.0 Å². The molecule has 0 aromatic heterocycles. The predicted molar refractivity (Wildman–Crippen MR) is 92.1 cm³/mol. The Kier molecular flexibility index (Phi) is 6.94. The van der Waals surface area contributed by atoms with Crippen LogP contribution in [-0.2, 0) is 15.3 Å². The van der Waals surface area contributed by atoms with E-state index in [9.17, 15) is 9.59 Å². The number of nitrogens with one attached hydrogen (secondary N) is 1. The van der Waals surface area contributed by atoms with E-state index in [-0.39, 0.29) is 23.7 Å². The number of rotatable bonds is 7. The second-order valence-corrected chi connectivity index (χ2v) is 7.58. The van der Waals surface area contributed by atoms with Crippen LogP contribution in [0.25, 0.3) is 0 Å². The maximum absolute atomic E-state index is 12.2. The number of aliphatic carboxylic acids is 1. The molecule has 0 aliphatic rings. The first kappa shape index (κ1) is 18.6. The minimum Gasteiger partial charge on any atom is -0.481 e. The van der Waals surface area contributed by atoms with Crippen molar-refractivity contribution >= 4 is 29.3 Å². The zero-order chi connectivity index (χ0) is 16.8. The predicted octanol–water partition coefficient (Wildman–Crippen LogP) is 4.02. The van der Waals surface area contributed by atoms with Gasteiger partial charge in [0, 0.05) is 23.1 Å². The van der Waals surface area contributed by atoms with Gasteiger partial charge in [0.1, 0.15) is 0 Å². The van der Waals surface area contributed by atoms with Gasteiger partial charge in [-0.1, -0.05) is 39.8 Å². The van der Waals surface area contributed by atoms with Crippen molar-refractivity contribution in [2.24, 2.45) is 11.3 Å². The Morgan fingerprint density at radius 3 is 2.59 bits per heavy atom. The molecule has 0 saturated carbocycles. The summed E-state index contributed by atoms with van der Waals surface area (Å²) in [6.07, 6.45) is 0.171. The van der Waals surface area contributed by atoms with Crippen molar-refractivity contribution in [2.75, 3.05) is 11.1 Å². The highest BCUT2D eigenvalue weighted by Gasteiger charge is 2.26. The summed E-state index contributed by atoms with van der Waals surface area (Å²) >= 11 is 1.58. The summed E-state index contributed by atoms with van der Waals surface area (Å²) in [5.41, 5.74) is 1.79. The van der Waals surface area contributed by atoms with Crippen LogP contribution in [0.1, 0.15) is 39.7 Å². The van der Waals surface area contributed by atoms with Gasteiger partial charge in [0.05, 0.1) is 6.42 Å². The molecule has 4 nitrogen and oxygen atoms in total. The summed E-state index contributed by atoms with van der Waals surface area (Å²) in [5, 5.41) is 11.6. The van der Waals surface area contributed by atoms with Crippen LogP contribution in [0.3, 0.4) is 0 Å². The summed E-state index contributed by atoms with van der Waals surface area (Å²) in [6.45, 7) is 8.08. The van der Waals surface area contributed by atoms with Crippen LogP contribution in [-0.4, -0.2) is 22.7 Å². The fourth-order valence-electron chi connectivity index (χ4n) is 1.73. The van der Waals surface area contributed by atoms with Crippen molar-refractivity contribution in [3.05, 3.63) is 29.8 Å². The molecule has 1 atom stereocenters. The Morgan fingerprint density at radius 1 is 1.32 bits per heavy atom. The first-order chi connectivity index (χ1) is 10.2. The van der Waals surface area contributed by atoms with Crippen LogP contribution in [0.2, 0.25) is 0 Å². The van der Waals surface area contributed by atoms with Gasteiger partial charge in [-0.2, -0.15) is 11.8 Å². The molecule has 0 radical (unpaired) electrons. The summed E-state index contributed by atoms with van der Waals surface area (Å²) in [5.74, 6) is 0.493. The van der Waals surface area contributed by atoms with E-state index in [1.165, 1.54) is 0 Å². The largest absolute Gasteiger partial charge is 0.481 e. The first-order valence-electron chi connectivity index (χ1n) is 7.39. The molecule has 0 aliphatic heterocycles. The lowest BCUT2D eigenvalue weighted by Crippen LogP contribution is -2.30. The molecule has 0 spiro atoms. The molecule has 1 aromatic carbocycles. The molecule has 1 rings (SSSR count). The third-order valence-corrected chi connectivity index (χ3v) is 4.65. The van der Waals surface area contributed by atoms with E-state index < -0.39 is 5.97 Å². The van der Waals surface area contributed by atoms with Crippen molar-refractivity contribution in [1.82, 2.24) is 0 Å². The normalized spacial score (nSPS) is 12.7. The van der Waals surface area contributed by atoms with Crippen LogP contribution in [0, 0.1) is 11.3 Å². The Balaban J connectivity index is 2.57.